The number of carbonyl (C=O) groups excluding carboxylic acids is 1. The second-order valence-electron chi connectivity index (χ2n) is 5.44. The Hall–Kier alpha value is -2.42. The third kappa shape index (κ3) is 4.28. The quantitative estimate of drug-likeness (QED) is 0.904. The highest BCUT2D eigenvalue weighted by atomic mass is 16.6. The Labute approximate surface area is 137 Å². The van der Waals surface area contributed by atoms with Gasteiger partial charge in [-0.2, -0.15) is 5.26 Å². The van der Waals surface area contributed by atoms with Gasteiger partial charge in [0.05, 0.1) is 17.9 Å². The minimum Gasteiger partial charge on any atom is -0.450 e. The van der Waals surface area contributed by atoms with Gasteiger partial charge in [-0.15, -0.1) is 0 Å². The van der Waals surface area contributed by atoms with Crippen molar-refractivity contribution in [3.63, 3.8) is 0 Å². The largest absolute Gasteiger partial charge is 0.450 e. The van der Waals surface area contributed by atoms with Crippen molar-refractivity contribution in [3.8, 4) is 6.07 Å². The highest BCUT2D eigenvalue weighted by Gasteiger charge is 2.23. The maximum Gasteiger partial charge on any atom is 0.409 e. The van der Waals surface area contributed by atoms with Gasteiger partial charge in [-0.05, 0) is 31.5 Å². The fourth-order valence-corrected chi connectivity index (χ4v) is 2.63. The Morgan fingerprint density at radius 1 is 1.30 bits per heavy atom. The van der Waals surface area contributed by atoms with E-state index < -0.39 is 0 Å². The Kier molecular flexibility index (Phi) is 6.10. The third-order valence-corrected chi connectivity index (χ3v) is 3.84. The summed E-state index contributed by atoms with van der Waals surface area (Å²) in [4.78, 5) is 15.6. The van der Waals surface area contributed by atoms with Crippen molar-refractivity contribution in [2.24, 2.45) is 0 Å². The normalized spacial score (nSPS) is 14.3. The molecule has 0 aromatic heterocycles. The summed E-state index contributed by atoms with van der Waals surface area (Å²) in [6.07, 6.45) is 0.784. The van der Waals surface area contributed by atoms with Crippen LogP contribution in [-0.4, -0.2) is 50.3 Å². The molecule has 1 aliphatic heterocycles. The van der Waals surface area contributed by atoms with Gasteiger partial charge in [0.1, 0.15) is 6.07 Å². The van der Waals surface area contributed by atoms with Gasteiger partial charge in [-0.1, -0.05) is 6.92 Å². The first-order valence-corrected chi connectivity index (χ1v) is 8.14. The number of amides is 1. The molecule has 0 atom stereocenters. The smallest absolute Gasteiger partial charge is 0.409 e. The first-order valence-electron chi connectivity index (χ1n) is 8.14. The van der Waals surface area contributed by atoms with Crippen LogP contribution in [0.1, 0.15) is 25.8 Å². The van der Waals surface area contributed by atoms with E-state index in [9.17, 15) is 10.1 Å². The molecule has 0 aliphatic carbocycles. The summed E-state index contributed by atoms with van der Waals surface area (Å²) in [6.45, 7) is 7.83. The monoisotopic (exact) mass is 316 g/mol. The predicted octanol–water partition coefficient (Wildman–Crippen LogP) is 2.66. The number of ether oxygens (including phenoxy) is 1. The minimum atomic E-state index is -0.258. The number of hydrogen-bond donors (Lipinski definition) is 1. The van der Waals surface area contributed by atoms with Crippen LogP contribution in [0.25, 0.3) is 0 Å². The molecule has 124 valence electrons. The Balaban J connectivity index is 2.03. The van der Waals surface area contributed by atoms with Gasteiger partial charge >= 0.3 is 6.09 Å². The van der Waals surface area contributed by atoms with Crippen molar-refractivity contribution < 1.29 is 9.53 Å². The molecule has 0 saturated carbocycles. The van der Waals surface area contributed by atoms with Gasteiger partial charge in [0.25, 0.3) is 0 Å². The van der Waals surface area contributed by atoms with Crippen LogP contribution in [-0.2, 0) is 4.74 Å². The van der Waals surface area contributed by atoms with E-state index in [1.807, 2.05) is 25.1 Å². The number of carbonyl (C=O) groups is 1. The maximum absolute atomic E-state index is 11.7. The Morgan fingerprint density at radius 2 is 2.04 bits per heavy atom. The number of rotatable bonds is 5. The van der Waals surface area contributed by atoms with Gasteiger partial charge in [0, 0.05) is 38.4 Å². The van der Waals surface area contributed by atoms with Gasteiger partial charge in [0.2, 0.25) is 0 Å². The molecular weight excluding hydrogens is 292 g/mol. The zero-order valence-electron chi connectivity index (χ0n) is 13.8. The molecule has 0 unspecified atom stereocenters. The summed E-state index contributed by atoms with van der Waals surface area (Å²) < 4.78 is 5.03. The highest BCUT2D eigenvalue weighted by molar-refractivity contribution is 5.69. The zero-order chi connectivity index (χ0) is 16.7. The Bertz CT molecular complexity index is 574. The molecule has 6 heteroatoms. The number of piperazine rings is 1. The average molecular weight is 316 g/mol. The summed E-state index contributed by atoms with van der Waals surface area (Å²) in [7, 11) is 0. The van der Waals surface area contributed by atoms with E-state index in [1.165, 1.54) is 0 Å². The zero-order valence-corrected chi connectivity index (χ0v) is 13.8. The van der Waals surface area contributed by atoms with Crippen LogP contribution in [0.15, 0.2) is 18.2 Å². The SMILES string of the molecule is CCCNc1ccc(N2CCN(C(=O)OCC)CC2)c(C#N)c1. The number of hydrogen-bond acceptors (Lipinski definition) is 5. The first kappa shape index (κ1) is 16.9. The summed E-state index contributed by atoms with van der Waals surface area (Å²) in [6, 6.07) is 8.15. The maximum atomic E-state index is 11.7. The van der Waals surface area contributed by atoms with E-state index in [0.29, 0.717) is 38.3 Å². The number of nitrogens with zero attached hydrogens (tertiary/aromatic N) is 3. The molecule has 23 heavy (non-hydrogen) atoms. The van der Waals surface area contributed by atoms with Crippen LogP contribution >= 0.6 is 0 Å². The minimum absolute atomic E-state index is 0.258. The molecule has 1 fully saturated rings. The molecule has 1 heterocycles. The molecule has 1 saturated heterocycles. The van der Waals surface area contributed by atoms with Crippen molar-refractivity contribution in [1.29, 1.82) is 5.26 Å². The number of nitrogens with one attached hydrogen (secondary N) is 1. The number of anilines is 2. The van der Waals surface area contributed by atoms with E-state index in [-0.39, 0.29) is 6.09 Å². The van der Waals surface area contributed by atoms with E-state index >= 15 is 0 Å². The number of nitriles is 1. The second kappa shape index (κ2) is 8.28. The lowest BCUT2D eigenvalue weighted by Crippen LogP contribution is -2.49. The molecule has 0 radical (unpaired) electrons. The molecule has 1 aromatic rings. The molecule has 1 aliphatic rings. The van der Waals surface area contributed by atoms with Gasteiger partial charge in [-0.25, -0.2) is 4.79 Å². The lowest BCUT2D eigenvalue weighted by molar-refractivity contribution is 0.105. The summed E-state index contributed by atoms with van der Waals surface area (Å²) >= 11 is 0. The van der Waals surface area contributed by atoms with Gasteiger partial charge < -0.3 is 19.9 Å². The second-order valence-corrected chi connectivity index (χ2v) is 5.44. The molecule has 1 amide bonds. The fraction of sp³-hybridized carbons (Fsp3) is 0.529. The summed E-state index contributed by atoms with van der Waals surface area (Å²) in [5, 5.41) is 12.7. The van der Waals surface area contributed by atoms with E-state index in [0.717, 1.165) is 24.3 Å². The van der Waals surface area contributed by atoms with Crippen molar-refractivity contribution in [1.82, 2.24) is 4.90 Å². The van der Waals surface area contributed by atoms with Crippen molar-refractivity contribution in [3.05, 3.63) is 23.8 Å². The summed E-state index contributed by atoms with van der Waals surface area (Å²) in [5.74, 6) is 0. The predicted molar refractivity (Wildman–Crippen MR) is 90.7 cm³/mol. The third-order valence-electron chi connectivity index (χ3n) is 3.84. The molecular formula is C17H24N4O2. The van der Waals surface area contributed by atoms with Crippen molar-refractivity contribution in [2.45, 2.75) is 20.3 Å². The first-order chi connectivity index (χ1) is 11.2. The van der Waals surface area contributed by atoms with Crippen LogP contribution in [0.2, 0.25) is 0 Å². The molecule has 1 N–H and O–H groups in total. The van der Waals surface area contributed by atoms with Crippen LogP contribution in [0, 0.1) is 11.3 Å². The number of benzene rings is 1. The van der Waals surface area contributed by atoms with Gasteiger partial charge in [0.15, 0.2) is 0 Å². The molecule has 0 bridgehead atoms. The van der Waals surface area contributed by atoms with E-state index in [1.54, 1.807) is 4.90 Å². The van der Waals surface area contributed by atoms with Crippen LogP contribution in [0.3, 0.4) is 0 Å². The van der Waals surface area contributed by atoms with Gasteiger partial charge in [-0.3, -0.25) is 0 Å². The van der Waals surface area contributed by atoms with Crippen LogP contribution in [0.4, 0.5) is 16.2 Å². The topological polar surface area (TPSA) is 68.6 Å². The van der Waals surface area contributed by atoms with Crippen LogP contribution < -0.4 is 10.2 Å². The molecule has 1 aromatic carbocycles. The van der Waals surface area contributed by atoms with E-state index in [2.05, 4.69) is 23.2 Å². The highest BCUT2D eigenvalue weighted by Crippen LogP contribution is 2.25. The average Bonchev–Trinajstić information content (AvgIpc) is 2.60. The summed E-state index contributed by atoms with van der Waals surface area (Å²) in [5.41, 5.74) is 2.56. The lowest BCUT2D eigenvalue weighted by atomic mass is 10.1. The van der Waals surface area contributed by atoms with Crippen molar-refractivity contribution in [2.75, 3.05) is 49.5 Å². The molecule has 6 nitrogen and oxygen atoms in total. The molecule has 2 rings (SSSR count). The van der Waals surface area contributed by atoms with Crippen LogP contribution in [0.5, 0.6) is 0 Å². The lowest BCUT2D eigenvalue weighted by Gasteiger charge is -2.35. The molecule has 0 spiro atoms. The van der Waals surface area contributed by atoms with Crippen molar-refractivity contribution >= 4 is 17.5 Å². The standard InChI is InChI=1S/C17H24N4O2/c1-3-7-19-15-5-6-16(14(12-15)13-18)20-8-10-21(11-9-20)17(22)23-4-2/h5-6,12,19H,3-4,7-11H2,1-2H3. The Morgan fingerprint density at radius 3 is 2.65 bits per heavy atom. The fourth-order valence-electron chi connectivity index (χ4n) is 2.63. The van der Waals surface area contributed by atoms with E-state index in [4.69, 9.17) is 4.74 Å².